The standard InChI is InChI=1S/C15H21BrClNO/c1-11-3-2-7-18(10-11)8-6-15(19)13-5-4-12(16)9-14(13)17/h4-5,9,11,15,19H,2-3,6-8,10H2,1H3. The van der Waals surface area contributed by atoms with E-state index in [2.05, 4.69) is 27.8 Å². The van der Waals surface area contributed by atoms with Crippen LogP contribution in [0.5, 0.6) is 0 Å². The number of aliphatic hydroxyl groups excluding tert-OH is 1. The largest absolute Gasteiger partial charge is 0.388 e. The monoisotopic (exact) mass is 345 g/mol. The van der Waals surface area contributed by atoms with E-state index in [9.17, 15) is 5.11 Å². The van der Waals surface area contributed by atoms with Crippen LogP contribution in [0, 0.1) is 5.92 Å². The fourth-order valence-electron chi connectivity index (χ4n) is 2.72. The Morgan fingerprint density at radius 2 is 2.32 bits per heavy atom. The van der Waals surface area contributed by atoms with Gasteiger partial charge in [0.25, 0.3) is 0 Å². The van der Waals surface area contributed by atoms with Crippen LogP contribution in [0.25, 0.3) is 0 Å². The molecule has 1 fully saturated rings. The maximum atomic E-state index is 10.3. The normalized spacial score (nSPS) is 22.4. The zero-order valence-corrected chi connectivity index (χ0v) is 13.6. The van der Waals surface area contributed by atoms with Gasteiger partial charge in [0.15, 0.2) is 0 Å². The Kier molecular flexibility index (Phi) is 5.70. The number of likely N-dealkylation sites (tertiary alicyclic amines) is 1. The second-order valence-electron chi connectivity index (χ2n) is 5.52. The van der Waals surface area contributed by atoms with E-state index in [1.807, 2.05) is 18.2 Å². The van der Waals surface area contributed by atoms with Crippen molar-refractivity contribution >= 4 is 27.5 Å². The van der Waals surface area contributed by atoms with E-state index < -0.39 is 6.10 Å². The molecule has 1 aliphatic heterocycles. The minimum Gasteiger partial charge on any atom is -0.388 e. The summed E-state index contributed by atoms with van der Waals surface area (Å²) >= 11 is 9.54. The van der Waals surface area contributed by atoms with E-state index >= 15 is 0 Å². The lowest BCUT2D eigenvalue weighted by atomic mass is 9.99. The van der Waals surface area contributed by atoms with Crippen LogP contribution in [0.4, 0.5) is 0 Å². The number of halogens is 2. The molecule has 0 spiro atoms. The summed E-state index contributed by atoms with van der Waals surface area (Å²) < 4.78 is 0.943. The number of rotatable bonds is 4. The molecule has 2 nitrogen and oxygen atoms in total. The first-order valence-corrected chi connectivity index (χ1v) is 8.08. The van der Waals surface area contributed by atoms with Gasteiger partial charge in [-0.25, -0.2) is 0 Å². The van der Waals surface area contributed by atoms with Gasteiger partial charge >= 0.3 is 0 Å². The highest BCUT2D eigenvalue weighted by Gasteiger charge is 2.18. The molecule has 0 bridgehead atoms. The van der Waals surface area contributed by atoms with Crippen molar-refractivity contribution in [2.75, 3.05) is 19.6 Å². The fraction of sp³-hybridized carbons (Fsp3) is 0.600. The molecule has 1 aliphatic rings. The van der Waals surface area contributed by atoms with Crippen LogP contribution < -0.4 is 0 Å². The van der Waals surface area contributed by atoms with Crippen LogP contribution in [0.1, 0.15) is 37.9 Å². The number of hydrogen-bond acceptors (Lipinski definition) is 2. The van der Waals surface area contributed by atoms with Crippen LogP contribution in [0.3, 0.4) is 0 Å². The van der Waals surface area contributed by atoms with E-state index in [0.717, 1.165) is 42.0 Å². The molecular formula is C15H21BrClNO. The quantitative estimate of drug-likeness (QED) is 0.880. The molecule has 1 heterocycles. The third kappa shape index (κ3) is 4.45. The Balaban J connectivity index is 1.88. The molecule has 0 amide bonds. The van der Waals surface area contributed by atoms with Gasteiger partial charge in [-0.3, -0.25) is 0 Å². The topological polar surface area (TPSA) is 23.5 Å². The van der Waals surface area contributed by atoms with Crippen molar-refractivity contribution in [3.63, 3.8) is 0 Å². The molecule has 1 aromatic rings. The lowest BCUT2D eigenvalue weighted by Gasteiger charge is -2.31. The Bertz CT molecular complexity index is 427. The van der Waals surface area contributed by atoms with Crippen LogP contribution in [0.2, 0.25) is 5.02 Å². The SMILES string of the molecule is CC1CCCN(CCC(O)c2ccc(Br)cc2Cl)C1. The number of piperidine rings is 1. The lowest BCUT2D eigenvalue weighted by molar-refractivity contribution is 0.122. The highest BCUT2D eigenvalue weighted by Crippen LogP contribution is 2.28. The highest BCUT2D eigenvalue weighted by molar-refractivity contribution is 9.10. The van der Waals surface area contributed by atoms with Crippen LogP contribution in [-0.4, -0.2) is 29.6 Å². The average molecular weight is 347 g/mol. The lowest BCUT2D eigenvalue weighted by Crippen LogP contribution is -2.35. The summed E-state index contributed by atoms with van der Waals surface area (Å²) in [6.45, 7) is 5.55. The van der Waals surface area contributed by atoms with Gasteiger partial charge < -0.3 is 10.0 Å². The minimum absolute atomic E-state index is 0.474. The number of hydrogen-bond donors (Lipinski definition) is 1. The van der Waals surface area contributed by atoms with E-state index in [1.165, 1.54) is 12.8 Å². The molecule has 106 valence electrons. The van der Waals surface area contributed by atoms with Gasteiger partial charge in [-0.05, 0) is 49.4 Å². The van der Waals surface area contributed by atoms with Crippen molar-refractivity contribution in [1.29, 1.82) is 0 Å². The van der Waals surface area contributed by atoms with E-state index in [-0.39, 0.29) is 0 Å². The second kappa shape index (κ2) is 7.07. The highest BCUT2D eigenvalue weighted by atomic mass is 79.9. The predicted octanol–water partition coefficient (Wildman–Crippen LogP) is 4.26. The zero-order chi connectivity index (χ0) is 13.8. The predicted molar refractivity (Wildman–Crippen MR) is 83.6 cm³/mol. The van der Waals surface area contributed by atoms with Crippen LogP contribution in [0.15, 0.2) is 22.7 Å². The van der Waals surface area contributed by atoms with Gasteiger partial charge in [-0.15, -0.1) is 0 Å². The summed E-state index contributed by atoms with van der Waals surface area (Å²) in [7, 11) is 0. The third-order valence-corrected chi connectivity index (χ3v) is 4.60. The molecule has 2 unspecified atom stereocenters. The maximum Gasteiger partial charge on any atom is 0.0816 e. The van der Waals surface area contributed by atoms with Gasteiger partial charge in [0, 0.05) is 22.6 Å². The van der Waals surface area contributed by atoms with Gasteiger partial charge in [0.2, 0.25) is 0 Å². The molecule has 19 heavy (non-hydrogen) atoms. The second-order valence-corrected chi connectivity index (χ2v) is 6.84. The van der Waals surface area contributed by atoms with Crippen LogP contribution in [-0.2, 0) is 0 Å². The first-order chi connectivity index (χ1) is 9.06. The zero-order valence-electron chi connectivity index (χ0n) is 11.3. The summed E-state index contributed by atoms with van der Waals surface area (Å²) in [6, 6.07) is 5.66. The summed E-state index contributed by atoms with van der Waals surface area (Å²) in [6.07, 6.45) is 2.87. The maximum absolute atomic E-state index is 10.3. The van der Waals surface area contributed by atoms with Crippen molar-refractivity contribution < 1.29 is 5.11 Å². The third-order valence-electron chi connectivity index (χ3n) is 3.78. The summed E-state index contributed by atoms with van der Waals surface area (Å²) in [4.78, 5) is 2.45. The molecule has 1 saturated heterocycles. The molecule has 4 heteroatoms. The van der Waals surface area contributed by atoms with E-state index in [0.29, 0.717) is 5.02 Å². The average Bonchev–Trinajstić information content (AvgIpc) is 2.36. The Morgan fingerprint density at radius 1 is 1.53 bits per heavy atom. The van der Waals surface area contributed by atoms with Gasteiger partial charge in [0.05, 0.1) is 6.10 Å². The fourth-order valence-corrected chi connectivity index (χ4v) is 3.52. The Morgan fingerprint density at radius 3 is 3.00 bits per heavy atom. The van der Waals surface area contributed by atoms with Crippen molar-refractivity contribution in [3.8, 4) is 0 Å². The molecule has 2 atom stereocenters. The Labute approximate surface area is 128 Å². The molecule has 1 N–H and O–H groups in total. The van der Waals surface area contributed by atoms with Crippen molar-refractivity contribution in [3.05, 3.63) is 33.3 Å². The molecule has 0 radical (unpaired) electrons. The number of nitrogens with zero attached hydrogens (tertiary/aromatic N) is 1. The van der Waals surface area contributed by atoms with Gasteiger partial charge in [0.1, 0.15) is 0 Å². The van der Waals surface area contributed by atoms with Crippen molar-refractivity contribution in [2.24, 2.45) is 5.92 Å². The van der Waals surface area contributed by atoms with E-state index in [1.54, 1.807) is 0 Å². The molecule has 1 aromatic carbocycles. The molecule has 0 aromatic heterocycles. The first-order valence-electron chi connectivity index (χ1n) is 6.91. The number of benzene rings is 1. The minimum atomic E-state index is -0.474. The van der Waals surface area contributed by atoms with Crippen molar-refractivity contribution in [1.82, 2.24) is 4.90 Å². The Hall–Kier alpha value is -0.0900. The smallest absolute Gasteiger partial charge is 0.0816 e. The van der Waals surface area contributed by atoms with Gasteiger partial charge in [-0.2, -0.15) is 0 Å². The van der Waals surface area contributed by atoms with E-state index in [4.69, 9.17) is 11.6 Å². The van der Waals surface area contributed by atoms with Crippen LogP contribution >= 0.6 is 27.5 Å². The molecular weight excluding hydrogens is 326 g/mol. The summed E-state index contributed by atoms with van der Waals surface area (Å²) in [5.74, 6) is 0.780. The molecule has 0 saturated carbocycles. The molecule has 0 aliphatic carbocycles. The first kappa shape index (κ1) is 15.3. The number of aliphatic hydroxyl groups is 1. The van der Waals surface area contributed by atoms with Gasteiger partial charge in [-0.1, -0.05) is 40.5 Å². The summed E-state index contributed by atoms with van der Waals surface area (Å²) in [5.41, 5.74) is 0.829. The molecule has 2 rings (SSSR count). The summed E-state index contributed by atoms with van der Waals surface area (Å²) in [5, 5.41) is 10.9. The van der Waals surface area contributed by atoms with Crippen molar-refractivity contribution in [2.45, 2.75) is 32.3 Å².